The number of benzene rings is 1. The summed E-state index contributed by atoms with van der Waals surface area (Å²) in [6, 6.07) is 5.08. The van der Waals surface area contributed by atoms with E-state index in [0.717, 1.165) is 5.56 Å². The number of nitrogens with two attached hydrogens (primary N) is 4. The lowest BCUT2D eigenvalue weighted by Gasteiger charge is -2.07. The van der Waals surface area contributed by atoms with E-state index in [2.05, 4.69) is 0 Å². The maximum absolute atomic E-state index is 5.51. The molecule has 0 heterocycles. The van der Waals surface area contributed by atoms with Gasteiger partial charge in [-0.2, -0.15) is 0 Å². The van der Waals surface area contributed by atoms with Crippen molar-refractivity contribution in [2.45, 2.75) is 6.17 Å². The van der Waals surface area contributed by atoms with E-state index in [1.165, 1.54) is 0 Å². The van der Waals surface area contributed by atoms with Crippen molar-refractivity contribution in [3.63, 3.8) is 0 Å². The number of rotatable bonds is 1. The topological polar surface area (TPSA) is 104 Å². The van der Waals surface area contributed by atoms with Crippen molar-refractivity contribution >= 4 is 11.4 Å². The van der Waals surface area contributed by atoms with Gasteiger partial charge in [-0.25, -0.2) is 0 Å². The largest absolute Gasteiger partial charge is 0.399 e. The molecule has 0 atom stereocenters. The molecule has 0 aromatic heterocycles. The van der Waals surface area contributed by atoms with E-state index in [0.29, 0.717) is 11.4 Å². The van der Waals surface area contributed by atoms with Crippen LogP contribution in [0.5, 0.6) is 0 Å². The van der Waals surface area contributed by atoms with Gasteiger partial charge < -0.3 is 22.9 Å². The van der Waals surface area contributed by atoms with Crippen molar-refractivity contribution in [3.05, 3.63) is 23.8 Å². The third-order valence-corrected chi connectivity index (χ3v) is 1.38. The van der Waals surface area contributed by atoms with Gasteiger partial charge in [0, 0.05) is 11.4 Å². The molecular formula is C7H12N4. The first-order chi connectivity index (χ1) is 5.09. The average Bonchev–Trinajstić information content (AvgIpc) is 1.85. The highest BCUT2D eigenvalue weighted by atomic mass is 14.8. The fourth-order valence-corrected chi connectivity index (χ4v) is 0.895. The van der Waals surface area contributed by atoms with Crippen LogP contribution in [0.15, 0.2) is 18.2 Å². The molecule has 1 aromatic rings. The fraction of sp³-hybridized carbons (Fsp3) is 0.143. The van der Waals surface area contributed by atoms with Gasteiger partial charge in [0.15, 0.2) is 0 Å². The smallest absolute Gasteiger partial charge is 0.0786 e. The van der Waals surface area contributed by atoms with Crippen LogP contribution in [0.4, 0.5) is 11.4 Å². The Bertz CT molecular complexity index is 236. The highest BCUT2D eigenvalue weighted by Gasteiger charge is 2.00. The Labute approximate surface area is 65.2 Å². The second kappa shape index (κ2) is 2.77. The standard InChI is InChI=1S/C7H12N4/c8-5-1-4(7(10)11)2-6(9)3-5/h1-3,7H,8-11H2. The van der Waals surface area contributed by atoms with Crippen molar-refractivity contribution in [3.8, 4) is 0 Å². The van der Waals surface area contributed by atoms with Crippen LogP contribution in [0, 0.1) is 0 Å². The number of anilines is 2. The first-order valence-corrected chi connectivity index (χ1v) is 3.26. The second-order valence-electron chi connectivity index (χ2n) is 2.46. The molecule has 0 amide bonds. The zero-order valence-electron chi connectivity index (χ0n) is 6.12. The summed E-state index contributed by atoms with van der Waals surface area (Å²) < 4.78 is 0. The molecule has 0 aliphatic heterocycles. The van der Waals surface area contributed by atoms with Gasteiger partial charge in [-0.15, -0.1) is 0 Å². The first kappa shape index (κ1) is 7.84. The summed E-state index contributed by atoms with van der Waals surface area (Å²) in [6.07, 6.45) is -0.513. The van der Waals surface area contributed by atoms with Gasteiger partial charge in [0.05, 0.1) is 6.17 Å². The Morgan fingerprint density at radius 2 is 1.36 bits per heavy atom. The lowest BCUT2D eigenvalue weighted by atomic mass is 10.1. The van der Waals surface area contributed by atoms with E-state index in [1.807, 2.05) is 0 Å². The Morgan fingerprint density at radius 3 is 1.73 bits per heavy atom. The summed E-state index contributed by atoms with van der Waals surface area (Å²) in [5, 5.41) is 0. The predicted molar refractivity (Wildman–Crippen MR) is 46.4 cm³/mol. The predicted octanol–water partition coefficient (Wildman–Crippen LogP) is -0.233. The third kappa shape index (κ3) is 1.83. The van der Waals surface area contributed by atoms with Crippen molar-refractivity contribution in [2.24, 2.45) is 11.5 Å². The summed E-state index contributed by atoms with van der Waals surface area (Å²) in [5.74, 6) is 0. The molecule has 0 spiro atoms. The van der Waals surface area contributed by atoms with Crippen molar-refractivity contribution in [1.29, 1.82) is 0 Å². The summed E-state index contributed by atoms with van der Waals surface area (Å²) in [6.45, 7) is 0. The molecule has 0 unspecified atom stereocenters. The van der Waals surface area contributed by atoms with Crippen LogP contribution >= 0.6 is 0 Å². The normalized spacial score (nSPS) is 10.5. The van der Waals surface area contributed by atoms with Crippen LogP contribution in [-0.4, -0.2) is 0 Å². The van der Waals surface area contributed by atoms with E-state index in [1.54, 1.807) is 18.2 Å². The minimum atomic E-state index is -0.513. The number of hydrogen-bond acceptors (Lipinski definition) is 4. The van der Waals surface area contributed by atoms with E-state index in [-0.39, 0.29) is 0 Å². The van der Waals surface area contributed by atoms with Crippen LogP contribution in [0.25, 0.3) is 0 Å². The zero-order valence-corrected chi connectivity index (χ0v) is 6.12. The molecule has 0 bridgehead atoms. The van der Waals surface area contributed by atoms with Gasteiger partial charge in [-0.1, -0.05) is 0 Å². The minimum Gasteiger partial charge on any atom is -0.399 e. The highest BCUT2D eigenvalue weighted by Crippen LogP contribution is 2.15. The molecule has 0 saturated heterocycles. The third-order valence-electron chi connectivity index (χ3n) is 1.38. The number of nitrogen functional groups attached to an aromatic ring is 2. The molecule has 0 radical (unpaired) electrons. The van der Waals surface area contributed by atoms with Crippen LogP contribution in [0.1, 0.15) is 11.7 Å². The van der Waals surface area contributed by atoms with E-state index >= 15 is 0 Å². The van der Waals surface area contributed by atoms with Crippen molar-refractivity contribution in [1.82, 2.24) is 0 Å². The second-order valence-corrected chi connectivity index (χ2v) is 2.46. The highest BCUT2D eigenvalue weighted by molar-refractivity contribution is 5.54. The van der Waals surface area contributed by atoms with Gasteiger partial charge in [0.2, 0.25) is 0 Å². The summed E-state index contributed by atoms with van der Waals surface area (Å²) in [5.41, 5.74) is 23.8. The van der Waals surface area contributed by atoms with Crippen LogP contribution in [0.2, 0.25) is 0 Å². The average molecular weight is 152 g/mol. The van der Waals surface area contributed by atoms with E-state index in [4.69, 9.17) is 22.9 Å². The molecule has 1 aromatic carbocycles. The Morgan fingerprint density at radius 1 is 0.909 bits per heavy atom. The van der Waals surface area contributed by atoms with Crippen molar-refractivity contribution in [2.75, 3.05) is 11.5 Å². The molecular weight excluding hydrogens is 140 g/mol. The van der Waals surface area contributed by atoms with Gasteiger partial charge >= 0.3 is 0 Å². The quantitative estimate of drug-likeness (QED) is 0.329. The molecule has 60 valence electrons. The summed E-state index contributed by atoms with van der Waals surface area (Å²) in [4.78, 5) is 0. The summed E-state index contributed by atoms with van der Waals surface area (Å²) in [7, 11) is 0. The monoisotopic (exact) mass is 152 g/mol. The fourth-order valence-electron chi connectivity index (χ4n) is 0.895. The lowest BCUT2D eigenvalue weighted by Crippen LogP contribution is -2.20. The molecule has 8 N–H and O–H groups in total. The van der Waals surface area contributed by atoms with Crippen LogP contribution in [0.3, 0.4) is 0 Å². The lowest BCUT2D eigenvalue weighted by molar-refractivity contribution is 0.775. The molecule has 0 saturated carbocycles. The van der Waals surface area contributed by atoms with Gasteiger partial charge in [-0.05, 0) is 23.8 Å². The SMILES string of the molecule is Nc1cc(N)cc(C(N)N)c1. The Balaban J connectivity index is 3.08. The maximum atomic E-state index is 5.51. The Hall–Kier alpha value is -1.26. The van der Waals surface area contributed by atoms with Gasteiger partial charge in [0.25, 0.3) is 0 Å². The molecule has 0 fully saturated rings. The van der Waals surface area contributed by atoms with Crippen LogP contribution in [-0.2, 0) is 0 Å². The first-order valence-electron chi connectivity index (χ1n) is 3.26. The van der Waals surface area contributed by atoms with Gasteiger partial charge in [0.1, 0.15) is 0 Å². The minimum absolute atomic E-state index is 0.513. The molecule has 1 rings (SSSR count). The molecule has 0 aliphatic rings. The maximum Gasteiger partial charge on any atom is 0.0786 e. The van der Waals surface area contributed by atoms with Gasteiger partial charge in [-0.3, -0.25) is 0 Å². The molecule has 0 aliphatic carbocycles. The number of hydrogen-bond donors (Lipinski definition) is 4. The zero-order chi connectivity index (χ0) is 8.43. The van der Waals surface area contributed by atoms with Crippen LogP contribution < -0.4 is 22.9 Å². The van der Waals surface area contributed by atoms with E-state index in [9.17, 15) is 0 Å². The van der Waals surface area contributed by atoms with E-state index < -0.39 is 6.17 Å². The Kier molecular flexibility index (Phi) is 1.98. The van der Waals surface area contributed by atoms with Crippen molar-refractivity contribution < 1.29 is 0 Å². The molecule has 4 nitrogen and oxygen atoms in total. The molecule has 4 heteroatoms. The molecule has 11 heavy (non-hydrogen) atoms. The summed E-state index contributed by atoms with van der Waals surface area (Å²) >= 11 is 0.